The van der Waals surface area contributed by atoms with Gasteiger partial charge in [0, 0.05) is 23.9 Å². The van der Waals surface area contributed by atoms with Crippen molar-refractivity contribution in [2.24, 2.45) is 0 Å². The Morgan fingerprint density at radius 1 is 1.14 bits per heavy atom. The molecule has 0 atom stereocenters. The monoisotopic (exact) mass is 296 g/mol. The first-order valence-corrected chi connectivity index (χ1v) is 5.81. The Labute approximate surface area is 118 Å². The highest BCUT2D eigenvalue weighted by molar-refractivity contribution is 6.08. The molecule has 1 amide bonds. The minimum Gasteiger partial charge on any atom is -0.497 e. The topological polar surface area (TPSA) is 64.3 Å². The largest absolute Gasteiger partial charge is 0.497 e. The van der Waals surface area contributed by atoms with Crippen LogP contribution < -0.4 is 15.8 Å². The van der Waals surface area contributed by atoms with Crippen LogP contribution >= 0.6 is 0 Å². The van der Waals surface area contributed by atoms with Crippen LogP contribution in [0.2, 0.25) is 0 Å². The number of nitrogen functional groups attached to an aromatic ring is 1. The van der Waals surface area contributed by atoms with E-state index in [2.05, 4.69) is 0 Å². The van der Waals surface area contributed by atoms with Crippen molar-refractivity contribution in [2.75, 3.05) is 18.2 Å². The zero-order chi connectivity index (χ0) is 15.6. The number of nitrogens with one attached hydrogen (secondary N) is 1. The molecule has 0 fully saturated rings. The Kier molecular flexibility index (Phi) is 4.02. The van der Waals surface area contributed by atoms with Crippen LogP contribution in [0.3, 0.4) is 0 Å². The summed E-state index contributed by atoms with van der Waals surface area (Å²) in [6.07, 6.45) is 0. The molecular formula is C14H11F3N2O2. The summed E-state index contributed by atoms with van der Waals surface area (Å²) in [4.78, 5) is 12.0. The van der Waals surface area contributed by atoms with Crippen LogP contribution in [0.5, 0.6) is 5.75 Å². The van der Waals surface area contributed by atoms with E-state index in [0.29, 0.717) is 17.9 Å². The molecule has 2 rings (SSSR count). The third-order valence-electron chi connectivity index (χ3n) is 2.75. The van der Waals surface area contributed by atoms with Gasteiger partial charge in [0.05, 0.1) is 12.7 Å². The minimum atomic E-state index is -1.21. The molecule has 0 saturated carbocycles. The fourth-order valence-corrected chi connectivity index (χ4v) is 1.72. The van der Waals surface area contributed by atoms with Gasteiger partial charge in [-0.2, -0.15) is 0 Å². The van der Waals surface area contributed by atoms with Gasteiger partial charge in [-0.25, -0.2) is 13.2 Å². The molecule has 3 N–H and O–H groups in total. The molecule has 7 heteroatoms. The molecule has 0 heterocycles. The second-order valence-electron chi connectivity index (χ2n) is 4.15. The number of carbonyl (C=O) groups is 1. The minimum absolute atomic E-state index is 0.0129. The maximum Gasteiger partial charge on any atom is 0.257 e. The predicted octanol–water partition coefficient (Wildman–Crippen LogP) is 2.95. The summed E-state index contributed by atoms with van der Waals surface area (Å²) in [7, 11) is 1.43. The Bertz CT molecular complexity index is 682. The number of nitrogens with two attached hydrogens (primary N) is 1. The summed E-state index contributed by atoms with van der Waals surface area (Å²) in [5.41, 5.74) is 5.02. The smallest absolute Gasteiger partial charge is 0.257 e. The number of hydrogen-bond acceptors (Lipinski definition) is 3. The van der Waals surface area contributed by atoms with Gasteiger partial charge >= 0.3 is 0 Å². The Hall–Kier alpha value is -2.70. The number of methoxy groups -OCH3 is 1. The zero-order valence-corrected chi connectivity index (χ0v) is 10.9. The molecule has 0 aliphatic rings. The van der Waals surface area contributed by atoms with Gasteiger partial charge in [0.1, 0.15) is 17.3 Å². The van der Waals surface area contributed by atoms with Crippen LogP contribution in [0.25, 0.3) is 0 Å². The molecule has 0 aliphatic carbocycles. The van der Waals surface area contributed by atoms with E-state index in [1.165, 1.54) is 25.3 Å². The van der Waals surface area contributed by atoms with Gasteiger partial charge in [0.2, 0.25) is 0 Å². The lowest BCUT2D eigenvalue weighted by Crippen LogP contribution is -2.16. The van der Waals surface area contributed by atoms with Crippen LogP contribution in [-0.2, 0) is 0 Å². The average molecular weight is 296 g/mol. The molecule has 4 nitrogen and oxygen atoms in total. The first-order valence-electron chi connectivity index (χ1n) is 5.81. The van der Waals surface area contributed by atoms with Crippen LogP contribution in [0, 0.1) is 17.5 Å². The van der Waals surface area contributed by atoms with Gasteiger partial charge in [0.15, 0.2) is 11.6 Å². The summed E-state index contributed by atoms with van der Waals surface area (Å²) in [6, 6.07) is 5.16. The average Bonchev–Trinajstić information content (AvgIpc) is 2.42. The summed E-state index contributed by atoms with van der Waals surface area (Å²) in [5, 5.41) is 2.02. The van der Waals surface area contributed by atoms with Crippen molar-refractivity contribution < 1.29 is 22.7 Å². The Morgan fingerprint density at radius 3 is 2.29 bits per heavy atom. The van der Waals surface area contributed by atoms with Crippen LogP contribution in [0.1, 0.15) is 10.4 Å². The van der Waals surface area contributed by atoms with Crippen molar-refractivity contribution in [2.45, 2.75) is 0 Å². The van der Waals surface area contributed by atoms with E-state index < -0.39 is 29.0 Å². The first kappa shape index (κ1) is 14.7. The van der Waals surface area contributed by atoms with E-state index in [1.807, 2.05) is 5.32 Å². The molecule has 0 spiro atoms. The Morgan fingerprint density at radius 2 is 1.76 bits per heavy atom. The highest BCUT2D eigenvalue weighted by atomic mass is 19.1. The summed E-state index contributed by atoms with van der Waals surface area (Å²) in [6.45, 7) is 0. The molecule has 0 aromatic heterocycles. The van der Waals surface area contributed by atoms with Gasteiger partial charge in [-0.15, -0.1) is 0 Å². The van der Waals surface area contributed by atoms with Crippen molar-refractivity contribution in [1.29, 1.82) is 0 Å². The maximum absolute atomic E-state index is 13.5. The third kappa shape index (κ3) is 3.07. The van der Waals surface area contributed by atoms with Gasteiger partial charge in [-0.1, -0.05) is 0 Å². The third-order valence-corrected chi connectivity index (χ3v) is 2.75. The second kappa shape index (κ2) is 5.74. The fourth-order valence-electron chi connectivity index (χ4n) is 1.72. The van der Waals surface area contributed by atoms with E-state index in [0.717, 1.165) is 0 Å². The number of rotatable bonds is 3. The quantitative estimate of drug-likeness (QED) is 0.856. The molecule has 110 valence electrons. The lowest BCUT2D eigenvalue weighted by Gasteiger charge is -2.10. The van der Waals surface area contributed by atoms with Crippen LogP contribution in [0.15, 0.2) is 30.3 Å². The second-order valence-corrected chi connectivity index (χ2v) is 4.15. The SMILES string of the molecule is COc1ccc(C(=O)Nc2c(F)cc(F)cc2F)c(N)c1. The van der Waals surface area contributed by atoms with Gasteiger partial charge < -0.3 is 15.8 Å². The lowest BCUT2D eigenvalue weighted by molar-refractivity contribution is 0.102. The normalized spacial score (nSPS) is 10.3. The number of halogens is 3. The van der Waals surface area contributed by atoms with Crippen molar-refractivity contribution in [3.8, 4) is 5.75 Å². The number of benzene rings is 2. The molecular weight excluding hydrogens is 285 g/mol. The van der Waals surface area contributed by atoms with Gasteiger partial charge in [-0.05, 0) is 12.1 Å². The van der Waals surface area contributed by atoms with Gasteiger partial charge in [-0.3, -0.25) is 4.79 Å². The molecule has 0 radical (unpaired) electrons. The van der Waals surface area contributed by atoms with Crippen molar-refractivity contribution in [3.05, 3.63) is 53.3 Å². The van der Waals surface area contributed by atoms with Crippen LogP contribution in [-0.4, -0.2) is 13.0 Å². The molecule has 21 heavy (non-hydrogen) atoms. The summed E-state index contributed by atoms with van der Waals surface area (Å²) < 4.78 is 44.6. The molecule has 2 aromatic rings. The number of amides is 1. The molecule has 0 aliphatic heterocycles. The molecule has 0 bridgehead atoms. The standard InChI is InChI=1S/C14H11F3N2O2/c1-21-8-2-3-9(12(18)6-8)14(20)19-13-10(16)4-7(15)5-11(13)17/h2-6H,18H2,1H3,(H,19,20). The van der Waals surface area contributed by atoms with Crippen molar-refractivity contribution >= 4 is 17.3 Å². The van der Waals surface area contributed by atoms with Gasteiger partial charge in [0.25, 0.3) is 5.91 Å². The molecule has 2 aromatic carbocycles. The van der Waals surface area contributed by atoms with Crippen molar-refractivity contribution in [1.82, 2.24) is 0 Å². The molecule has 0 saturated heterocycles. The van der Waals surface area contributed by atoms with Crippen molar-refractivity contribution in [3.63, 3.8) is 0 Å². The van der Waals surface area contributed by atoms with E-state index in [9.17, 15) is 18.0 Å². The zero-order valence-electron chi connectivity index (χ0n) is 10.9. The number of carbonyl (C=O) groups excluding carboxylic acids is 1. The van der Waals surface area contributed by atoms with E-state index in [1.54, 1.807) is 0 Å². The predicted molar refractivity (Wildman–Crippen MR) is 71.7 cm³/mol. The molecule has 0 unspecified atom stereocenters. The fraction of sp³-hybridized carbons (Fsp3) is 0.0714. The highest BCUT2D eigenvalue weighted by Crippen LogP contribution is 2.24. The number of anilines is 2. The van der Waals surface area contributed by atoms with E-state index >= 15 is 0 Å². The van der Waals surface area contributed by atoms with Crippen LogP contribution in [0.4, 0.5) is 24.5 Å². The lowest BCUT2D eigenvalue weighted by atomic mass is 10.1. The number of hydrogen-bond donors (Lipinski definition) is 2. The first-order chi connectivity index (χ1) is 9.92. The Balaban J connectivity index is 2.30. The van der Waals surface area contributed by atoms with E-state index in [4.69, 9.17) is 10.5 Å². The number of ether oxygens (including phenoxy) is 1. The van der Waals surface area contributed by atoms with E-state index in [-0.39, 0.29) is 11.3 Å². The summed E-state index contributed by atoms with van der Waals surface area (Å²) >= 11 is 0. The maximum atomic E-state index is 13.5. The highest BCUT2D eigenvalue weighted by Gasteiger charge is 2.17. The summed E-state index contributed by atoms with van der Waals surface area (Å²) in [5.74, 6) is -3.89.